The lowest BCUT2D eigenvalue weighted by atomic mass is 9.80. The molecule has 0 aromatic carbocycles. The molecule has 0 saturated carbocycles. The van der Waals surface area contributed by atoms with Crippen LogP contribution in [0.2, 0.25) is 16.6 Å². The van der Waals surface area contributed by atoms with Gasteiger partial charge in [0.1, 0.15) is 6.29 Å². The molecular formula is C17H32O2Si. The maximum Gasteiger partial charge on any atom is 0.258 e. The van der Waals surface area contributed by atoms with E-state index in [4.69, 9.17) is 4.43 Å². The Hall–Kier alpha value is -0.573. The summed E-state index contributed by atoms with van der Waals surface area (Å²) in [6, 6.07) is 0. The van der Waals surface area contributed by atoms with Gasteiger partial charge in [0.2, 0.25) is 0 Å². The number of carbonyl (C=O) groups is 1. The average Bonchev–Trinajstić information content (AvgIpc) is 2.37. The van der Waals surface area contributed by atoms with Crippen LogP contribution in [-0.4, -0.2) is 14.6 Å². The molecule has 1 aliphatic carbocycles. The highest BCUT2D eigenvalue weighted by Gasteiger charge is 2.47. The Labute approximate surface area is 126 Å². The molecule has 0 heterocycles. The van der Waals surface area contributed by atoms with Crippen molar-refractivity contribution in [3.8, 4) is 0 Å². The largest absolute Gasteiger partial charge is 0.546 e. The Morgan fingerprint density at radius 1 is 1.15 bits per heavy atom. The predicted octanol–water partition coefficient (Wildman–Crippen LogP) is 5.45. The van der Waals surface area contributed by atoms with Crippen LogP contribution in [0.15, 0.2) is 11.8 Å². The Morgan fingerprint density at radius 3 is 1.95 bits per heavy atom. The van der Waals surface area contributed by atoms with Crippen LogP contribution in [0.1, 0.15) is 67.7 Å². The van der Waals surface area contributed by atoms with Gasteiger partial charge in [-0.3, -0.25) is 0 Å². The molecule has 1 rings (SSSR count). The van der Waals surface area contributed by atoms with Crippen molar-refractivity contribution in [1.82, 2.24) is 0 Å². The quantitative estimate of drug-likeness (QED) is 0.481. The second kappa shape index (κ2) is 6.46. The van der Waals surface area contributed by atoms with Gasteiger partial charge in [-0.2, -0.15) is 0 Å². The predicted molar refractivity (Wildman–Crippen MR) is 88.2 cm³/mol. The maximum atomic E-state index is 11.1. The second-order valence-corrected chi connectivity index (χ2v) is 12.9. The highest BCUT2D eigenvalue weighted by molar-refractivity contribution is 6.77. The van der Waals surface area contributed by atoms with Gasteiger partial charge < -0.3 is 9.22 Å². The maximum absolute atomic E-state index is 11.1. The molecule has 0 saturated heterocycles. The fraction of sp³-hybridized carbons (Fsp3) is 0.824. The first-order valence-corrected chi connectivity index (χ1v) is 10.2. The number of aldehydes is 1. The first-order chi connectivity index (χ1) is 9.18. The molecule has 1 aliphatic rings. The highest BCUT2D eigenvalue weighted by Crippen LogP contribution is 2.45. The van der Waals surface area contributed by atoms with Gasteiger partial charge in [-0.05, 0) is 35.5 Å². The van der Waals surface area contributed by atoms with Gasteiger partial charge in [-0.25, -0.2) is 0 Å². The molecule has 1 atom stereocenters. The molecule has 0 amide bonds. The molecule has 20 heavy (non-hydrogen) atoms. The molecule has 0 aliphatic heterocycles. The van der Waals surface area contributed by atoms with E-state index in [-0.39, 0.29) is 5.41 Å². The molecule has 0 radical (unpaired) electrons. The normalized spacial score (nSPS) is 24.2. The van der Waals surface area contributed by atoms with Gasteiger partial charge >= 0.3 is 0 Å². The van der Waals surface area contributed by atoms with E-state index in [0.29, 0.717) is 16.6 Å². The third-order valence-electron chi connectivity index (χ3n) is 5.04. The van der Waals surface area contributed by atoms with Crippen LogP contribution in [0.5, 0.6) is 0 Å². The summed E-state index contributed by atoms with van der Waals surface area (Å²) >= 11 is 0. The topological polar surface area (TPSA) is 26.3 Å². The van der Waals surface area contributed by atoms with E-state index >= 15 is 0 Å². The lowest BCUT2D eigenvalue weighted by molar-refractivity contribution is -0.115. The molecule has 0 spiro atoms. The van der Waals surface area contributed by atoms with Gasteiger partial charge in [0, 0.05) is 11.8 Å². The van der Waals surface area contributed by atoms with Gasteiger partial charge in [0.05, 0.1) is 5.76 Å². The summed E-state index contributed by atoms with van der Waals surface area (Å²) in [7, 11) is -1.83. The zero-order valence-corrected chi connectivity index (χ0v) is 15.3. The van der Waals surface area contributed by atoms with E-state index in [2.05, 4.69) is 47.6 Å². The van der Waals surface area contributed by atoms with Crippen molar-refractivity contribution in [3.63, 3.8) is 0 Å². The summed E-state index contributed by atoms with van der Waals surface area (Å²) in [6.45, 7) is 15.9. The average molecular weight is 297 g/mol. The molecule has 0 fully saturated rings. The van der Waals surface area contributed by atoms with Crippen LogP contribution < -0.4 is 0 Å². The molecule has 0 aromatic heterocycles. The first-order valence-electron chi connectivity index (χ1n) is 8.02. The Balaban J connectivity index is 2.96. The third kappa shape index (κ3) is 3.36. The van der Waals surface area contributed by atoms with Crippen LogP contribution in [0, 0.1) is 5.41 Å². The fourth-order valence-electron chi connectivity index (χ4n) is 3.74. The van der Waals surface area contributed by atoms with E-state index < -0.39 is 8.32 Å². The van der Waals surface area contributed by atoms with Gasteiger partial charge in [-0.15, -0.1) is 0 Å². The van der Waals surface area contributed by atoms with Crippen molar-refractivity contribution < 1.29 is 9.22 Å². The lowest BCUT2D eigenvalue weighted by Gasteiger charge is -2.44. The Kier molecular flexibility index (Phi) is 5.65. The van der Waals surface area contributed by atoms with Crippen LogP contribution >= 0.6 is 0 Å². The fourth-order valence-corrected chi connectivity index (χ4v) is 9.09. The van der Waals surface area contributed by atoms with Crippen molar-refractivity contribution in [2.24, 2.45) is 5.41 Å². The molecule has 0 N–H and O–H groups in total. The van der Waals surface area contributed by atoms with Crippen LogP contribution in [0.25, 0.3) is 0 Å². The Morgan fingerprint density at radius 2 is 1.65 bits per heavy atom. The van der Waals surface area contributed by atoms with E-state index in [9.17, 15) is 4.79 Å². The summed E-state index contributed by atoms with van der Waals surface area (Å²) < 4.78 is 6.69. The minimum Gasteiger partial charge on any atom is -0.546 e. The first kappa shape index (κ1) is 17.5. The molecule has 0 aromatic rings. The van der Waals surface area contributed by atoms with Gasteiger partial charge in [0.15, 0.2) is 0 Å². The van der Waals surface area contributed by atoms with E-state index in [1.807, 2.05) is 6.92 Å². The summed E-state index contributed by atoms with van der Waals surface area (Å²) in [5, 5.41) is 0. The van der Waals surface area contributed by atoms with Crippen molar-refractivity contribution in [1.29, 1.82) is 0 Å². The molecule has 2 nitrogen and oxygen atoms in total. The number of allylic oxidation sites excluding steroid dienone is 2. The number of hydrogen-bond acceptors (Lipinski definition) is 2. The highest BCUT2D eigenvalue weighted by atomic mass is 28.4. The minimum atomic E-state index is -1.83. The van der Waals surface area contributed by atoms with Crippen molar-refractivity contribution in [2.45, 2.75) is 84.4 Å². The van der Waals surface area contributed by atoms with Crippen LogP contribution in [0.3, 0.4) is 0 Å². The van der Waals surface area contributed by atoms with Crippen LogP contribution in [0.4, 0.5) is 0 Å². The number of hydrogen-bond donors (Lipinski definition) is 0. The van der Waals surface area contributed by atoms with E-state index in [0.717, 1.165) is 31.3 Å². The van der Waals surface area contributed by atoms with Crippen molar-refractivity contribution in [3.05, 3.63) is 11.8 Å². The van der Waals surface area contributed by atoms with Crippen molar-refractivity contribution in [2.75, 3.05) is 0 Å². The number of rotatable bonds is 6. The van der Waals surface area contributed by atoms with Gasteiger partial charge in [0.25, 0.3) is 8.32 Å². The van der Waals surface area contributed by atoms with E-state index in [1.54, 1.807) is 0 Å². The standard InChI is InChI=1S/C17H32O2Si/c1-13(2)20(14(3)4,15(5)6)19-16-8-10-17(7,12-18)11-9-16/h8,12-15H,9-11H2,1-7H3. The molecule has 3 heteroatoms. The summed E-state index contributed by atoms with van der Waals surface area (Å²) in [6.07, 6.45) is 5.94. The lowest BCUT2D eigenvalue weighted by Crippen LogP contribution is -2.47. The smallest absolute Gasteiger partial charge is 0.258 e. The molecule has 1 unspecified atom stereocenters. The minimum absolute atomic E-state index is 0.176. The summed E-state index contributed by atoms with van der Waals surface area (Å²) in [5.74, 6) is 1.15. The number of carbonyl (C=O) groups excluding carboxylic acids is 1. The Bertz CT molecular complexity index is 349. The summed E-state index contributed by atoms with van der Waals surface area (Å²) in [4.78, 5) is 11.1. The molecule has 0 bridgehead atoms. The van der Waals surface area contributed by atoms with Gasteiger partial charge in [-0.1, -0.05) is 48.5 Å². The molecule has 116 valence electrons. The van der Waals surface area contributed by atoms with Crippen LogP contribution in [-0.2, 0) is 9.22 Å². The molecular weight excluding hydrogens is 264 g/mol. The third-order valence-corrected chi connectivity index (χ3v) is 11.1. The van der Waals surface area contributed by atoms with E-state index in [1.165, 1.54) is 0 Å². The zero-order valence-electron chi connectivity index (χ0n) is 14.3. The van der Waals surface area contributed by atoms with Crippen molar-refractivity contribution >= 4 is 14.6 Å². The SMILES string of the molecule is CC(C)[Si](OC1=CCC(C)(C=O)CC1)(C(C)C)C(C)C. The summed E-state index contributed by atoms with van der Waals surface area (Å²) in [5.41, 5.74) is 1.62. The monoisotopic (exact) mass is 296 g/mol. The zero-order chi connectivity index (χ0) is 15.6. The second-order valence-electron chi connectivity index (χ2n) is 7.57.